The SMILES string of the molecule is COC(=O)C(C)(C)CC(C)C1OC(=O)[C@H]1C. The van der Waals surface area contributed by atoms with E-state index in [0.717, 1.165) is 0 Å². The van der Waals surface area contributed by atoms with E-state index in [1.165, 1.54) is 7.11 Å². The van der Waals surface area contributed by atoms with Gasteiger partial charge in [0, 0.05) is 0 Å². The Morgan fingerprint density at radius 1 is 1.56 bits per heavy atom. The molecule has 1 aliphatic heterocycles. The summed E-state index contributed by atoms with van der Waals surface area (Å²) in [7, 11) is 1.39. The molecule has 0 bridgehead atoms. The molecular formula is C12H20O4. The Hall–Kier alpha value is -1.06. The van der Waals surface area contributed by atoms with Crippen LogP contribution >= 0.6 is 0 Å². The lowest BCUT2D eigenvalue weighted by Crippen LogP contribution is -2.48. The van der Waals surface area contributed by atoms with Crippen LogP contribution in [0.5, 0.6) is 0 Å². The second-order valence-electron chi connectivity index (χ2n) is 5.25. The van der Waals surface area contributed by atoms with Crippen LogP contribution in [0, 0.1) is 17.3 Å². The van der Waals surface area contributed by atoms with E-state index < -0.39 is 5.41 Å². The fraction of sp³-hybridized carbons (Fsp3) is 0.833. The van der Waals surface area contributed by atoms with E-state index in [1.807, 2.05) is 27.7 Å². The molecule has 1 heterocycles. The van der Waals surface area contributed by atoms with Gasteiger partial charge in [-0.05, 0) is 33.1 Å². The molecule has 92 valence electrons. The second-order valence-corrected chi connectivity index (χ2v) is 5.25. The number of esters is 2. The van der Waals surface area contributed by atoms with Crippen molar-refractivity contribution < 1.29 is 19.1 Å². The van der Waals surface area contributed by atoms with Crippen LogP contribution in [0.25, 0.3) is 0 Å². The zero-order valence-corrected chi connectivity index (χ0v) is 10.6. The first-order valence-electron chi connectivity index (χ1n) is 5.58. The van der Waals surface area contributed by atoms with Crippen molar-refractivity contribution in [3.05, 3.63) is 0 Å². The van der Waals surface area contributed by atoms with E-state index in [-0.39, 0.29) is 29.9 Å². The normalized spacial score (nSPS) is 26.7. The summed E-state index contributed by atoms with van der Waals surface area (Å²) in [6.07, 6.45) is 0.596. The maximum Gasteiger partial charge on any atom is 0.312 e. The van der Waals surface area contributed by atoms with Crippen LogP contribution in [0.4, 0.5) is 0 Å². The van der Waals surface area contributed by atoms with Crippen molar-refractivity contribution in [3.8, 4) is 0 Å². The zero-order valence-electron chi connectivity index (χ0n) is 10.6. The van der Waals surface area contributed by atoms with Crippen molar-refractivity contribution in [3.63, 3.8) is 0 Å². The van der Waals surface area contributed by atoms with Gasteiger partial charge in [0.1, 0.15) is 6.10 Å². The summed E-state index contributed by atoms with van der Waals surface area (Å²) < 4.78 is 9.83. The molecule has 0 aromatic heterocycles. The van der Waals surface area contributed by atoms with E-state index in [4.69, 9.17) is 9.47 Å². The Balaban J connectivity index is 2.54. The summed E-state index contributed by atoms with van der Waals surface area (Å²) >= 11 is 0. The molecule has 0 aliphatic carbocycles. The maximum absolute atomic E-state index is 11.5. The minimum Gasteiger partial charge on any atom is -0.469 e. The number of cyclic esters (lactones) is 1. The molecule has 4 nitrogen and oxygen atoms in total. The lowest BCUT2D eigenvalue weighted by atomic mass is 9.77. The van der Waals surface area contributed by atoms with Crippen molar-refractivity contribution in [2.75, 3.05) is 7.11 Å². The Labute approximate surface area is 96.3 Å². The standard InChI is InChI=1S/C12H20O4/c1-7(9-8(2)10(13)16-9)6-12(3,4)11(14)15-5/h7-9H,6H2,1-5H3/t7?,8-,9?/m0/s1. The fourth-order valence-electron chi connectivity index (χ4n) is 2.29. The van der Waals surface area contributed by atoms with Gasteiger partial charge in [0.2, 0.25) is 0 Å². The average Bonchev–Trinajstić information content (AvgIpc) is 2.22. The molecule has 0 aromatic rings. The fourth-order valence-corrected chi connectivity index (χ4v) is 2.29. The molecule has 1 rings (SSSR count). The van der Waals surface area contributed by atoms with Crippen LogP contribution in [0.3, 0.4) is 0 Å². The van der Waals surface area contributed by atoms with Gasteiger partial charge in [0.25, 0.3) is 0 Å². The van der Waals surface area contributed by atoms with Crippen molar-refractivity contribution in [2.24, 2.45) is 17.3 Å². The number of rotatable bonds is 4. The summed E-state index contributed by atoms with van der Waals surface area (Å²) in [6, 6.07) is 0. The minimum atomic E-state index is -0.532. The van der Waals surface area contributed by atoms with Gasteiger partial charge in [-0.25, -0.2) is 0 Å². The Morgan fingerprint density at radius 3 is 2.50 bits per heavy atom. The molecule has 1 fully saturated rings. The molecule has 0 radical (unpaired) electrons. The predicted molar refractivity (Wildman–Crippen MR) is 58.6 cm³/mol. The summed E-state index contributed by atoms with van der Waals surface area (Å²) in [5, 5.41) is 0. The van der Waals surface area contributed by atoms with Gasteiger partial charge in [-0.1, -0.05) is 6.92 Å². The molecule has 2 unspecified atom stereocenters. The third kappa shape index (κ3) is 2.36. The first-order chi connectivity index (χ1) is 7.29. The van der Waals surface area contributed by atoms with Gasteiger partial charge in [0.15, 0.2) is 0 Å². The van der Waals surface area contributed by atoms with Crippen molar-refractivity contribution in [1.82, 2.24) is 0 Å². The molecule has 0 spiro atoms. The summed E-state index contributed by atoms with van der Waals surface area (Å²) in [4.78, 5) is 22.5. The van der Waals surface area contributed by atoms with Crippen LogP contribution in [-0.2, 0) is 19.1 Å². The minimum absolute atomic E-state index is 0.0524. The Kier molecular flexibility index (Phi) is 3.61. The van der Waals surface area contributed by atoms with E-state index >= 15 is 0 Å². The molecule has 1 aliphatic rings. The number of ether oxygens (including phenoxy) is 2. The molecule has 0 saturated carbocycles. The van der Waals surface area contributed by atoms with Gasteiger partial charge >= 0.3 is 11.9 Å². The number of carbonyl (C=O) groups is 2. The first kappa shape index (κ1) is 13.0. The molecular weight excluding hydrogens is 208 g/mol. The van der Waals surface area contributed by atoms with E-state index in [2.05, 4.69) is 0 Å². The van der Waals surface area contributed by atoms with Gasteiger partial charge in [-0.2, -0.15) is 0 Å². The number of methoxy groups -OCH3 is 1. The van der Waals surface area contributed by atoms with Crippen LogP contribution in [-0.4, -0.2) is 25.2 Å². The monoisotopic (exact) mass is 228 g/mol. The Morgan fingerprint density at radius 2 is 2.12 bits per heavy atom. The average molecular weight is 228 g/mol. The lowest BCUT2D eigenvalue weighted by Gasteiger charge is -2.39. The smallest absolute Gasteiger partial charge is 0.312 e. The highest BCUT2D eigenvalue weighted by molar-refractivity contribution is 5.78. The largest absolute Gasteiger partial charge is 0.469 e. The van der Waals surface area contributed by atoms with Crippen LogP contribution in [0.2, 0.25) is 0 Å². The predicted octanol–water partition coefficient (Wildman–Crippen LogP) is 1.77. The summed E-state index contributed by atoms with van der Waals surface area (Å²) in [6.45, 7) is 7.55. The van der Waals surface area contributed by atoms with Gasteiger partial charge in [-0.3, -0.25) is 9.59 Å². The summed E-state index contributed by atoms with van der Waals surface area (Å²) in [5.41, 5.74) is -0.532. The third-order valence-corrected chi connectivity index (χ3v) is 3.25. The highest BCUT2D eigenvalue weighted by atomic mass is 16.6. The molecule has 4 heteroatoms. The van der Waals surface area contributed by atoms with Crippen LogP contribution < -0.4 is 0 Å². The second kappa shape index (κ2) is 4.44. The van der Waals surface area contributed by atoms with Crippen molar-refractivity contribution in [2.45, 2.75) is 40.2 Å². The molecule has 0 amide bonds. The van der Waals surface area contributed by atoms with Gasteiger partial charge in [-0.15, -0.1) is 0 Å². The quantitative estimate of drug-likeness (QED) is 0.688. The number of hydrogen-bond donors (Lipinski definition) is 0. The lowest BCUT2D eigenvalue weighted by molar-refractivity contribution is -0.190. The maximum atomic E-state index is 11.5. The van der Waals surface area contributed by atoms with Gasteiger partial charge in [0.05, 0.1) is 18.4 Å². The molecule has 3 atom stereocenters. The van der Waals surface area contributed by atoms with Crippen LogP contribution in [0.1, 0.15) is 34.1 Å². The van der Waals surface area contributed by atoms with Crippen molar-refractivity contribution in [1.29, 1.82) is 0 Å². The van der Waals surface area contributed by atoms with Crippen molar-refractivity contribution >= 4 is 11.9 Å². The third-order valence-electron chi connectivity index (χ3n) is 3.25. The highest BCUT2D eigenvalue weighted by Gasteiger charge is 2.44. The van der Waals surface area contributed by atoms with Gasteiger partial charge < -0.3 is 9.47 Å². The first-order valence-corrected chi connectivity index (χ1v) is 5.58. The topological polar surface area (TPSA) is 52.6 Å². The zero-order chi connectivity index (χ0) is 12.5. The molecule has 0 aromatic carbocycles. The Bertz CT molecular complexity index is 295. The molecule has 1 saturated heterocycles. The molecule has 16 heavy (non-hydrogen) atoms. The number of hydrogen-bond acceptors (Lipinski definition) is 4. The van der Waals surface area contributed by atoms with Crippen LogP contribution in [0.15, 0.2) is 0 Å². The van der Waals surface area contributed by atoms with E-state index in [9.17, 15) is 9.59 Å². The summed E-state index contributed by atoms with van der Waals surface area (Å²) in [5.74, 6) is -0.254. The number of carbonyl (C=O) groups excluding carboxylic acids is 2. The van der Waals surface area contributed by atoms with E-state index in [0.29, 0.717) is 6.42 Å². The highest BCUT2D eigenvalue weighted by Crippen LogP contribution is 2.35. The van der Waals surface area contributed by atoms with E-state index in [1.54, 1.807) is 0 Å². The molecule has 0 N–H and O–H groups in total.